The average Bonchev–Trinajstić information content (AvgIpc) is 2.77. The van der Waals surface area contributed by atoms with E-state index < -0.39 is 12.6 Å². The summed E-state index contributed by atoms with van der Waals surface area (Å²) in [5, 5.41) is 11.6. The summed E-state index contributed by atoms with van der Waals surface area (Å²) in [6.45, 7) is 0.544. The molecule has 0 aliphatic carbocycles. The number of nitro groups is 1. The first-order valence-corrected chi connectivity index (χ1v) is 11.7. The van der Waals surface area contributed by atoms with Crippen molar-refractivity contribution < 1.29 is 14.0 Å². The van der Waals surface area contributed by atoms with Gasteiger partial charge in [-0.3, -0.25) is 14.8 Å². The van der Waals surface area contributed by atoms with E-state index >= 15 is 0 Å². The Balaban J connectivity index is 1.64. The minimum Gasteiger partial charge on any atom is -0.418 e. The first-order valence-electron chi connectivity index (χ1n) is 9.81. The van der Waals surface area contributed by atoms with Gasteiger partial charge >= 0.3 is 7.67 Å². The van der Waals surface area contributed by atoms with Crippen LogP contribution in [0.2, 0.25) is 5.02 Å². The zero-order valence-corrected chi connectivity index (χ0v) is 18.3. The molecule has 2 atom stereocenters. The van der Waals surface area contributed by atoms with Crippen LogP contribution in [0.25, 0.3) is 0 Å². The van der Waals surface area contributed by atoms with Gasteiger partial charge in [-0.15, -0.1) is 0 Å². The van der Waals surface area contributed by atoms with Crippen molar-refractivity contribution in [3.05, 3.63) is 98.6 Å². The number of nitro benzene ring substituents is 1. The molecule has 7 nitrogen and oxygen atoms in total. The second-order valence-electron chi connectivity index (χ2n) is 7.57. The number of hydrogen-bond donors (Lipinski definition) is 0. The molecule has 9 heteroatoms. The molecule has 3 aromatic rings. The Labute approximate surface area is 184 Å². The summed E-state index contributed by atoms with van der Waals surface area (Å²) in [7, 11) is -1.80. The Morgan fingerprint density at radius 2 is 1.84 bits per heavy atom. The fourth-order valence-corrected chi connectivity index (χ4v) is 6.88. The van der Waals surface area contributed by atoms with Gasteiger partial charge in [0, 0.05) is 30.7 Å². The van der Waals surface area contributed by atoms with Crippen LogP contribution in [0.1, 0.15) is 22.7 Å². The minimum atomic E-state index is -3.55. The second kappa shape index (κ2) is 7.38. The highest BCUT2D eigenvalue weighted by Gasteiger charge is 2.50. The van der Waals surface area contributed by atoms with E-state index in [2.05, 4.69) is 12.1 Å². The molecule has 3 aromatic carbocycles. The highest BCUT2D eigenvalue weighted by molar-refractivity contribution is 7.58. The molecule has 2 heterocycles. The van der Waals surface area contributed by atoms with Crippen molar-refractivity contribution >= 4 is 30.6 Å². The van der Waals surface area contributed by atoms with E-state index in [9.17, 15) is 14.7 Å². The van der Waals surface area contributed by atoms with Crippen molar-refractivity contribution in [2.24, 2.45) is 0 Å². The quantitative estimate of drug-likeness (QED) is 0.281. The van der Waals surface area contributed by atoms with Gasteiger partial charge in [0.2, 0.25) is 0 Å². The molecule has 2 aliphatic rings. The van der Waals surface area contributed by atoms with Crippen LogP contribution in [-0.4, -0.2) is 23.2 Å². The van der Waals surface area contributed by atoms with Crippen LogP contribution in [0.15, 0.2) is 66.7 Å². The van der Waals surface area contributed by atoms with Crippen LogP contribution in [0, 0.1) is 10.1 Å². The van der Waals surface area contributed by atoms with Gasteiger partial charge in [-0.25, -0.2) is 4.57 Å². The number of halogens is 1. The van der Waals surface area contributed by atoms with Crippen molar-refractivity contribution in [2.45, 2.75) is 12.5 Å². The van der Waals surface area contributed by atoms with Gasteiger partial charge < -0.3 is 4.52 Å². The zero-order valence-electron chi connectivity index (χ0n) is 16.6. The molecule has 158 valence electrons. The van der Waals surface area contributed by atoms with Crippen LogP contribution in [0.4, 0.5) is 11.4 Å². The van der Waals surface area contributed by atoms with E-state index in [4.69, 9.17) is 16.1 Å². The number of rotatable bonds is 3. The van der Waals surface area contributed by atoms with Crippen molar-refractivity contribution in [1.82, 2.24) is 4.67 Å². The zero-order chi connectivity index (χ0) is 21.8. The SMILES string of the molecule is CN1c2ccc(Cl)cc2C2c3ccccc3CCN2P1(=O)Oc1ccc([N+](=O)[O-])cc1. The Kier molecular flexibility index (Phi) is 4.77. The molecule has 0 saturated carbocycles. The number of nitrogens with zero attached hydrogens (tertiary/aromatic N) is 3. The number of non-ortho nitro benzene ring substituents is 1. The lowest BCUT2D eigenvalue weighted by atomic mass is 9.89. The average molecular weight is 456 g/mol. The van der Waals surface area contributed by atoms with Crippen LogP contribution in [-0.2, 0) is 11.0 Å². The second-order valence-corrected chi connectivity index (χ2v) is 10.3. The van der Waals surface area contributed by atoms with Crippen LogP contribution in [0.5, 0.6) is 5.75 Å². The smallest absolute Gasteiger partial charge is 0.418 e. The number of anilines is 1. The molecule has 5 rings (SSSR count). The largest absolute Gasteiger partial charge is 0.423 e. The van der Waals surface area contributed by atoms with Gasteiger partial charge in [-0.2, -0.15) is 4.67 Å². The molecule has 2 unspecified atom stereocenters. The van der Waals surface area contributed by atoms with E-state index in [1.807, 2.05) is 28.9 Å². The third kappa shape index (κ3) is 3.21. The van der Waals surface area contributed by atoms with Crippen LogP contribution >= 0.6 is 19.3 Å². The van der Waals surface area contributed by atoms with E-state index in [1.165, 1.54) is 29.8 Å². The van der Waals surface area contributed by atoms with Crippen molar-refractivity contribution in [1.29, 1.82) is 0 Å². The number of hydrogen-bond acceptors (Lipinski definition) is 4. The number of benzene rings is 3. The Bertz CT molecular complexity index is 1230. The summed E-state index contributed by atoms with van der Waals surface area (Å²) in [5.74, 6) is 0.316. The number of fused-ring (bicyclic) bond motifs is 5. The van der Waals surface area contributed by atoms with Gasteiger partial charge in [-0.1, -0.05) is 35.9 Å². The molecule has 0 saturated heterocycles. The fourth-order valence-electron chi connectivity index (χ4n) is 4.38. The Morgan fingerprint density at radius 3 is 2.58 bits per heavy atom. The monoisotopic (exact) mass is 455 g/mol. The summed E-state index contributed by atoms with van der Waals surface area (Å²) in [6, 6.07) is 19.1. The van der Waals surface area contributed by atoms with E-state index in [0.717, 1.165) is 23.2 Å². The highest BCUT2D eigenvalue weighted by Crippen LogP contribution is 2.65. The van der Waals surface area contributed by atoms with Gasteiger partial charge in [0.25, 0.3) is 5.69 Å². The molecular weight excluding hydrogens is 437 g/mol. The molecule has 0 amide bonds. The van der Waals surface area contributed by atoms with Gasteiger partial charge in [0.1, 0.15) is 5.75 Å². The predicted molar refractivity (Wildman–Crippen MR) is 120 cm³/mol. The maximum atomic E-state index is 14.4. The van der Waals surface area contributed by atoms with Crippen molar-refractivity contribution in [2.75, 3.05) is 18.3 Å². The first-order chi connectivity index (χ1) is 14.9. The summed E-state index contributed by atoms with van der Waals surface area (Å²) < 4.78 is 24.1. The van der Waals surface area contributed by atoms with Gasteiger partial charge in [0.15, 0.2) is 0 Å². The summed E-state index contributed by atoms with van der Waals surface area (Å²) >= 11 is 6.33. The third-order valence-electron chi connectivity index (χ3n) is 5.87. The van der Waals surface area contributed by atoms with Crippen LogP contribution in [0.3, 0.4) is 0 Å². The van der Waals surface area contributed by atoms with Crippen LogP contribution < -0.4 is 9.19 Å². The molecular formula is C22H19ClN3O4P. The van der Waals surface area contributed by atoms with Crippen molar-refractivity contribution in [3.63, 3.8) is 0 Å². The highest BCUT2D eigenvalue weighted by atomic mass is 35.5. The lowest BCUT2D eigenvalue weighted by Crippen LogP contribution is -2.43. The molecule has 0 N–H and O–H groups in total. The summed E-state index contributed by atoms with van der Waals surface area (Å²) in [5.41, 5.74) is 4.00. The maximum Gasteiger partial charge on any atom is 0.423 e. The minimum absolute atomic E-state index is 0.0487. The lowest BCUT2D eigenvalue weighted by molar-refractivity contribution is -0.384. The maximum absolute atomic E-state index is 14.4. The Hall–Kier alpha value is -2.86. The lowest BCUT2D eigenvalue weighted by Gasteiger charge is -2.49. The standard InChI is InChI=1S/C22H19ClN3O4P/c1-24-21-11-6-16(23)14-20(21)22-19-5-3-2-4-15(19)12-13-25(22)31(24,29)30-18-9-7-17(8-10-18)26(27)28/h2-11,14,22H,12-13H2,1H3. The fraction of sp³-hybridized carbons (Fsp3) is 0.182. The molecule has 2 aliphatic heterocycles. The molecule has 0 spiro atoms. The first kappa shape index (κ1) is 20.1. The van der Waals surface area contributed by atoms with Gasteiger partial charge in [-0.05, 0) is 53.4 Å². The molecule has 0 bridgehead atoms. The molecule has 0 fully saturated rings. The van der Waals surface area contributed by atoms with Crippen molar-refractivity contribution in [3.8, 4) is 5.75 Å². The Morgan fingerprint density at radius 1 is 1.10 bits per heavy atom. The normalized spacial score (nSPS) is 22.3. The summed E-state index contributed by atoms with van der Waals surface area (Å²) in [4.78, 5) is 10.5. The molecule has 0 aromatic heterocycles. The summed E-state index contributed by atoms with van der Waals surface area (Å²) in [6.07, 6.45) is 0.740. The van der Waals surface area contributed by atoms with E-state index in [1.54, 1.807) is 17.8 Å². The van der Waals surface area contributed by atoms with E-state index in [-0.39, 0.29) is 11.7 Å². The molecule has 31 heavy (non-hydrogen) atoms. The van der Waals surface area contributed by atoms with Gasteiger partial charge in [0.05, 0.1) is 16.7 Å². The third-order valence-corrected chi connectivity index (χ3v) is 8.60. The molecule has 0 radical (unpaired) electrons. The topological polar surface area (TPSA) is 75.9 Å². The van der Waals surface area contributed by atoms with E-state index in [0.29, 0.717) is 17.3 Å². The predicted octanol–water partition coefficient (Wildman–Crippen LogP) is 5.83.